The summed E-state index contributed by atoms with van der Waals surface area (Å²) in [7, 11) is -1.51. The maximum absolute atomic E-state index is 11.5. The van der Waals surface area contributed by atoms with Crippen molar-refractivity contribution >= 4 is 63.0 Å². The smallest absolute Gasteiger partial charge is 0.191 e. The largest absolute Gasteiger partial charge is 0.352 e. The summed E-state index contributed by atoms with van der Waals surface area (Å²) in [6.07, 6.45) is 1.19. The van der Waals surface area contributed by atoms with E-state index in [2.05, 4.69) is 15.6 Å². The van der Waals surface area contributed by atoms with Gasteiger partial charge in [0.25, 0.3) is 0 Å². The molecule has 26 heavy (non-hydrogen) atoms. The second-order valence-corrected chi connectivity index (χ2v) is 8.29. The zero-order chi connectivity index (χ0) is 18.4. The summed E-state index contributed by atoms with van der Waals surface area (Å²) in [4.78, 5) is 4.45. The summed E-state index contributed by atoms with van der Waals surface area (Å²) in [5.41, 5.74) is 1.85. The first-order valence-electron chi connectivity index (χ1n) is 7.47. The van der Waals surface area contributed by atoms with Crippen LogP contribution in [0.15, 0.2) is 52.4 Å². The molecule has 0 bridgehead atoms. The minimum atomic E-state index is -3.18. The van der Waals surface area contributed by atoms with Crippen LogP contribution in [0.3, 0.4) is 0 Å². The van der Waals surface area contributed by atoms with E-state index in [0.29, 0.717) is 34.0 Å². The van der Waals surface area contributed by atoms with Gasteiger partial charge in [0.15, 0.2) is 15.8 Å². The molecule has 0 heterocycles. The number of hydrogen-bond acceptors (Lipinski definition) is 3. The number of guanidine groups is 1. The molecule has 9 heteroatoms. The van der Waals surface area contributed by atoms with Gasteiger partial charge in [-0.1, -0.05) is 41.4 Å². The summed E-state index contributed by atoms with van der Waals surface area (Å²) in [5, 5.41) is 7.51. The normalized spacial score (nSPS) is 11.6. The number of rotatable bonds is 5. The van der Waals surface area contributed by atoms with E-state index in [9.17, 15) is 8.42 Å². The lowest BCUT2D eigenvalue weighted by molar-refractivity contribution is 0.602. The van der Waals surface area contributed by atoms with Crippen molar-refractivity contribution < 1.29 is 8.42 Å². The average molecular weight is 528 g/mol. The second-order valence-electron chi connectivity index (χ2n) is 5.43. The summed E-state index contributed by atoms with van der Waals surface area (Å²) in [6, 6.07) is 12.1. The molecule has 0 saturated heterocycles. The molecule has 0 aliphatic carbocycles. The SMILES string of the molecule is CN=C(NCc1ccc(S(C)(=O)=O)cc1)NCc1ccc(Cl)cc1Cl.I. The molecule has 0 amide bonds. The van der Waals surface area contributed by atoms with Gasteiger partial charge in [-0.25, -0.2) is 8.42 Å². The first kappa shape index (κ1) is 23.0. The lowest BCUT2D eigenvalue weighted by Crippen LogP contribution is -2.36. The van der Waals surface area contributed by atoms with Gasteiger partial charge in [0.1, 0.15) is 0 Å². The van der Waals surface area contributed by atoms with Gasteiger partial charge in [0.2, 0.25) is 0 Å². The van der Waals surface area contributed by atoms with Gasteiger partial charge in [-0.15, -0.1) is 24.0 Å². The van der Waals surface area contributed by atoms with Crippen LogP contribution in [-0.2, 0) is 22.9 Å². The Labute approximate surface area is 181 Å². The van der Waals surface area contributed by atoms with Crippen LogP contribution in [0.25, 0.3) is 0 Å². The Morgan fingerprint density at radius 3 is 2.19 bits per heavy atom. The standard InChI is InChI=1S/C17H19Cl2N3O2S.HI/c1-20-17(22-11-13-5-6-14(18)9-16(13)19)21-10-12-3-7-15(8-4-12)25(2,23)24;/h3-9H,10-11H2,1-2H3,(H2,20,21,22);1H. The fourth-order valence-electron chi connectivity index (χ4n) is 2.10. The minimum Gasteiger partial charge on any atom is -0.352 e. The van der Waals surface area contributed by atoms with E-state index in [0.717, 1.165) is 11.1 Å². The van der Waals surface area contributed by atoms with E-state index in [1.807, 2.05) is 6.07 Å². The minimum absolute atomic E-state index is 0. The van der Waals surface area contributed by atoms with Crippen LogP contribution in [0.1, 0.15) is 11.1 Å². The predicted molar refractivity (Wildman–Crippen MR) is 118 cm³/mol. The second kappa shape index (κ2) is 10.3. The van der Waals surface area contributed by atoms with E-state index in [4.69, 9.17) is 23.2 Å². The van der Waals surface area contributed by atoms with Gasteiger partial charge in [-0.3, -0.25) is 4.99 Å². The summed E-state index contributed by atoms with van der Waals surface area (Å²) < 4.78 is 22.9. The molecule has 0 fully saturated rings. The molecular formula is C17H20Cl2IN3O2S. The Balaban J connectivity index is 0.00000338. The molecule has 0 aliphatic heterocycles. The predicted octanol–water partition coefficient (Wildman–Crippen LogP) is 3.88. The molecule has 0 aromatic heterocycles. The number of aliphatic imine (C=N–C) groups is 1. The van der Waals surface area contributed by atoms with E-state index in [-0.39, 0.29) is 24.0 Å². The van der Waals surface area contributed by atoms with Crippen molar-refractivity contribution in [3.05, 3.63) is 63.6 Å². The van der Waals surface area contributed by atoms with Crippen molar-refractivity contribution in [3.63, 3.8) is 0 Å². The van der Waals surface area contributed by atoms with Crippen LogP contribution in [-0.4, -0.2) is 27.7 Å². The van der Waals surface area contributed by atoms with Crippen molar-refractivity contribution in [2.45, 2.75) is 18.0 Å². The number of halogens is 3. The van der Waals surface area contributed by atoms with E-state index in [1.54, 1.807) is 43.4 Å². The van der Waals surface area contributed by atoms with Crippen molar-refractivity contribution in [1.29, 1.82) is 0 Å². The maximum atomic E-state index is 11.5. The zero-order valence-corrected chi connectivity index (χ0v) is 19.0. The van der Waals surface area contributed by atoms with Crippen molar-refractivity contribution in [1.82, 2.24) is 10.6 Å². The number of benzene rings is 2. The van der Waals surface area contributed by atoms with Crippen LogP contribution in [0, 0.1) is 0 Å². The number of sulfone groups is 1. The molecule has 5 nitrogen and oxygen atoms in total. The molecule has 2 aromatic carbocycles. The number of hydrogen-bond donors (Lipinski definition) is 2. The monoisotopic (exact) mass is 527 g/mol. The molecule has 0 spiro atoms. The highest BCUT2D eigenvalue weighted by molar-refractivity contribution is 14.0. The van der Waals surface area contributed by atoms with Crippen molar-refractivity contribution in [2.24, 2.45) is 4.99 Å². The quantitative estimate of drug-likeness (QED) is 0.351. The highest BCUT2D eigenvalue weighted by Crippen LogP contribution is 2.20. The summed E-state index contributed by atoms with van der Waals surface area (Å²) in [6.45, 7) is 1.01. The van der Waals surface area contributed by atoms with Gasteiger partial charge in [-0.05, 0) is 35.4 Å². The highest BCUT2D eigenvalue weighted by Gasteiger charge is 2.07. The molecule has 0 aliphatic rings. The molecule has 0 radical (unpaired) electrons. The lowest BCUT2D eigenvalue weighted by atomic mass is 10.2. The fraction of sp³-hybridized carbons (Fsp3) is 0.235. The van der Waals surface area contributed by atoms with Gasteiger partial charge in [0.05, 0.1) is 4.90 Å². The highest BCUT2D eigenvalue weighted by atomic mass is 127. The zero-order valence-electron chi connectivity index (χ0n) is 14.3. The van der Waals surface area contributed by atoms with Gasteiger partial charge in [-0.2, -0.15) is 0 Å². The number of nitrogens with zero attached hydrogens (tertiary/aromatic N) is 1. The molecule has 2 aromatic rings. The lowest BCUT2D eigenvalue weighted by Gasteiger charge is -2.13. The first-order valence-corrected chi connectivity index (χ1v) is 10.1. The van der Waals surface area contributed by atoms with Crippen LogP contribution in [0.2, 0.25) is 10.0 Å². The molecular weight excluding hydrogens is 508 g/mol. The molecule has 0 unspecified atom stereocenters. The first-order chi connectivity index (χ1) is 11.8. The topological polar surface area (TPSA) is 70.6 Å². The van der Waals surface area contributed by atoms with Gasteiger partial charge in [0, 0.05) is 36.4 Å². The van der Waals surface area contributed by atoms with E-state index in [1.165, 1.54) is 6.26 Å². The van der Waals surface area contributed by atoms with Crippen LogP contribution < -0.4 is 10.6 Å². The van der Waals surface area contributed by atoms with Crippen molar-refractivity contribution in [3.8, 4) is 0 Å². The third kappa shape index (κ3) is 6.94. The van der Waals surface area contributed by atoms with Crippen LogP contribution in [0.4, 0.5) is 0 Å². The Morgan fingerprint density at radius 2 is 1.65 bits per heavy atom. The van der Waals surface area contributed by atoms with Crippen LogP contribution >= 0.6 is 47.2 Å². The Kier molecular flexibility index (Phi) is 9.15. The Hall–Kier alpha value is -1.03. The van der Waals surface area contributed by atoms with E-state index < -0.39 is 9.84 Å². The molecule has 2 N–H and O–H groups in total. The van der Waals surface area contributed by atoms with Gasteiger partial charge >= 0.3 is 0 Å². The van der Waals surface area contributed by atoms with Crippen LogP contribution in [0.5, 0.6) is 0 Å². The molecule has 142 valence electrons. The Bertz CT molecular complexity index is 872. The third-order valence-electron chi connectivity index (χ3n) is 3.50. The molecule has 2 rings (SSSR count). The molecule has 0 atom stereocenters. The van der Waals surface area contributed by atoms with Crippen molar-refractivity contribution in [2.75, 3.05) is 13.3 Å². The van der Waals surface area contributed by atoms with E-state index >= 15 is 0 Å². The summed E-state index contributed by atoms with van der Waals surface area (Å²) in [5.74, 6) is 0.609. The summed E-state index contributed by atoms with van der Waals surface area (Å²) >= 11 is 12.0. The third-order valence-corrected chi connectivity index (χ3v) is 5.21. The maximum Gasteiger partial charge on any atom is 0.191 e. The molecule has 0 saturated carbocycles. The number of nitrogens with one attached hydrogen (secondary N) is 2. The fourth-order valence-corrected chi connectivity index (χ4v) is 3.21. The van der Waals surface area contributed by atoms with Gasteiger partial charge < -0.3 is 10.6 Å². The average Bonchev–Trinajstić information content (AvgIpc) is 2.56. The Morgan fingerprint density at radius 1 is 1.04 bits per heavy atom.